The lowest BCUT2D eigenvalue weighted by molar-refractivity contribution is -0.112. The number of hydrogen-bond donors (Lipinski definition) is 1. The van der Waals surface area contributed by atoms with Crippen molar-refractivity contribution >= 4 is 62.9 Å². The van der Waals surface area contributed by atoms with Crippen LogP contribution in [0.4, 0.5) is 5.69 Å². The lowest BCUT2D eigenvalue weighted by Gasteiger charge is -2.12. The molecule has 0 unspecified atom stereocenters. The van der Waals surface area contributed by atoms with Crippen molar-refractivity contribution in [1.29, 1.82) is 5.26 Å². The SMILES string of the molecule is Cc1cccc(COc2c(I)cc(/C=C(\C#N)C(=O)Nc3ccc(OCc4ccccc4)cc3)cc2I)c1. The fraction of sp³-hybridized carbons (Fsp3) is 0.0968. The Balaban J connectivity index is 1.39. The molecule has 1 amide bonds. The van der Waals surface area contributed by atoms with Gasteiger partial charge in [0.05, 0.1) is 7.14 Å². The monoisotopic (exact) mass is 726 g/mol. The number of benzene rings is 4. The molecule has 4 rings (SSSR count). The number of amides is 1. The first-order valence-electron chi connectivity index (χ1n) is 11.8. The summed E-state index contributed by atoms with van der Waals surface area (Å²) in [6, 6.07) is 31.0. The van der Waals surface area contributed by atoms with Crippen LogP contribution in [0, 0.1) is 25.4 Å². The molecule has 190 valence electrons. The summed E-state index contributed by atoms with van der Waals surface area (Å²) in [7, 11) is 0. The van der Waals surface area contributed by atoms with Gasteiger partial charge in [0.2, 0.25) is 0 Å². The molecule has 0 heterocycles. The fourth-order valence-electron chi connectivity index (χ4n) is 3.65. The second-order valence-electron chi connectivity index (χ2n) is 8.51. The van der Waals surface area contributed by atoms with Gasteiger partial charge >= 0.3 is 0 Å². The summed E-state index contributed by atoms with van der Waals surface area (Å²) >= 11 is 4.43. The maximum atomic E-state index is 12.8. The van der Waals surface area contributed by atoms with Crippen LogP contribution in [0.3, 0.4) is 0 Å². The van der Waals surface area contributed by atoms with E-state index in [1.807, 2.05) is 60.7 Å². The number of nitrogens with zero attached hydrogens (tertiary/aromatic N) is 1. The first-order chi connectivity index (χ1) is 18.4. The van der Waals surface area contributed by atoms with Crippen LogP contribution < -0.4 is 14.8 Å². The van der Waals surface area contributed by atoms with Gasteiger partial charge in [-0.3, -0.25) is 4.79 Å². The summed E-state index contributed by atoms with van der Waals surface area (Å²) in [5.74, 6) is 0.995. The molecule has 0 saturated heterocycles. The fourth-order valence-corrected chi connectivity index (χ4v) is 5.77. The third-order valence-electron chi connectivity index (χ3n) is 5.52. The highest BCUT2D eigenvalue weighted by Crippen LogP contribution is 2.31. The number of ether oxygens (including phenoxy) is 2. The smallest absolute Gasteiger partial charge is 0.266 e. The van der Waals surface area contributed by atoms with Gasteiger partial charge in [-0.2, -0.15) is 5.26 Å². The van der Waals surface area contributed by atoms with Gasteiger partial charge in [0.25, 0.3) is 5.91 Å². The van der Waals surface area contributed by atoms with E-state index in [2.05, 4.69) is 69.6 Å². The highest BCUT2D eigenvalue weighted by atomic mass is 127. The maximum Gasteiger partial charge on any atom is 0.266 e. The molecule has 0 radical (unpaired) electrons. The normalized spacial score (nSPS) is 10.9. The molecule has 4 aromatic carbocycles. The van der Waals surface area contributed by atoms with Crippen molar-refractivity contribution in [2.45, 2.75) is 20.1 Å². The van der Waals surface area contributed by atoms with E-state index in [4.69, 9.17) is 9.47 Å². The molecule has 0 aliphatic carbocycles. The molecule has 0 atom stereocenters. The minimum absolute atomic E-state index is 0.00873. The lowest BCUT2D eigenvalue weighted by atomic mass is 10.1. The maximum absolute atomic E-state index is 12.8. The van der Waals surface area contributed by atoms with Crippen LogP contribution in [0.2, 0.25) is 0 Å². The molecular weight excluding hydrogens is 702 g/mol. The molecule has 5 nitrogen and oxygen atoms in total. The third-order valence-corrected chi connectivity index (χ3v) is 7.13. The van der Waals surface area contributed by atoms with Crippen LogP contribution in [0.15, 0.2) is 96.6 Å². The average Bonchev–Trinajstić information content (AvgIpc) is 2.91. The first kappa shape index (κ1) is 27.7. The molecule has 1 N–H and O–H groups in total. The van der Waals surface area contributed by atoms with Crippen LogP contribution in [-0.2, 0) is 18.0 Å². The van der Waals surface area contributed by atoms with Gasteiger partial charge in [-0.1, -0.05) is 60.2 Å². The van der Waals surface area contributed by atoms with Crippen molar-refractivity contribution in [3.63, 3.8) is 0 Å². The first-order valence-corrected chi connectivity index (χ1v) is 13.9. The molecule has 0 aliphatic heterocycles. The molecule has 38 heavy (non-hydrogen) atoms. The number of carbonyl (C=O) groups is 1. The van der Waals surface area contributed by atoms with Crippen molar-refractivity contribution in [2.75, 3.05) is 5.32 Å². The zero-order valence-corrected chi connectivity index (χ0v) is 24.9. The Kier molecular flexibility index (Phi) is 9.79. The topological polar surface area (TPSA) is 71.3 Å². The van der Waals surface area contributed by atoms with Crippen molar-refractivity contribution in [1.82, 2.24) is 0 Å². The summed E-state index contributed by atoms with van der Waals surface area (Å²) in [6.07, 6.45) is 1.58. The summed E-state index contributed by atoms with van der Waals surface area (Å²) in [6.45, 7) is 2.98. The minimum Gasteiger partial charge on any atom is -0.489 e. The summed E-state index contributed by atoms with van der Waals surface area (Å²) in [4.78, 5) is 12.8. The highest BCUT2D eigenvalue weighted by Gasteiger charge is 2.13. The molecule has 0 spiro atoms. The van der Waals surface area contributed by atoms with Crippen molar-refractivity contribution < 1.29 is 14.3 Å². The highest BCUT2D eigenvalue weighted by molar-refractivity contribution is 14.1. The molecule has 0 saturated carbocycles. The zero-order valence-electron chi connectivity index (χ0n) is 20.6. The van der Waals surface area contributed by atoms with E-state index >= 15 is 0 Å². The van der Waals surface area contributed by atoms with Crippen molar-refractivity contribution in [3.05, 3.63) is 126 Å². The van der Waals surface area contributed by atoms with E-state index in [0.29, 0.717) is 24.7 Å². The predicted octanol–water partition coefficient (Wildman–Crippen LogP) is 7.91. The van der Waals surface area contributed by atoms with Gasteiger partial charge in [-0.25, -0.2) is 0 Å². The summed E-state index contributed by atoms with van der Waals surface area (Å²) in [5, 5.41) is 12.4. The number of halogens is 2. The zero-order chi connectivity index (χ0) is 26.9. The van der Waals surface area contributed by atoms with E-state index < -0.39 is 5.91 Å². The number of nitrogens with one attached hydrogen (secondary N) is 1. The Morgan fingerprint density at radius 3 is 2.18 bits per heavy atom. The predicted molar refractivity (Wildman–Crippen MR) is 167 cm³/mol. The van der Waals surface area contributed by atoms with E-state index in [1.165, 1.54) is 5.56 Å². The molecule has 0 aliphatic rings. The van der Waals surface area contributed by atoms with Crippen molar-refractivity contribution in [2.24, 2.45) is 0 Å². The lowest BCUT2D eigenvalue weighted by Crippen LogP contribution is -2.13. The minimum atomic E-state index is -0.477. The van der Waals surface area contributed by atoms with Gasteiger partial charge in [-0.05, 0) is 111 Å². The number of anilines is 1. The van der Waals surface area contributed by atoms with Gasteiger partial charge < -0.3 is 14.8 Å². The van der Waals surface area contributed by atoms with Crippen LogP contribution in [0.25, 0.3) is 6.08 Å². The number of rotatable bonds is 9. The molecule has 0 fully saturated rings. The third kappa shape index (κ3) is 7.82. The summed E-state index contributed by atoms with van der Waals surface area (Å²) in [5.41, 5.74) is 4.69. The number of nitriles is 1. The van der Waals surface area contributed by atoms with Crippen LogP contribution in [0.5, 0.6) is 11.5 Å². The Labute approximate surface area is 249 Å². The van der Waals surface area contributed by atoms with Crippen LogP contribution in [-0.4, -0.2) is 5.91 Å². The molecular formula is C31H24I2N2O3. The summed E-state index contributed by atoms with van der Waals surface area (Å²) < 4.78 is 13.7. The van der Waals surface area contributed by atoms with Gasteiger partial charge in [0.1, 0.15) is 36.4 Å². The van der Waals surface area contributed by atoms with E-state index in [-0.39, 0.29) is 5.57 Å². The van der Waals surface area contributed by atoms with Crippen molar-refractivity contribution in [3.8, 4) is 17.6 Å². The van der Waals surface area contributed by atoms with Crippen LogP contribution >= 0.6 is 45.2 Å². The van der Waals surface area contributed by atoms with Gasteiger partial charge in [0.15, 0.2) is 0 Å². The standard InChI is InChI=1S/C31H24I2N2O3/c1-21-6-5-9-23(14-21)20-38-30-28(32)16-24(17-29(30)33)15-25(18-34)31(36)35-26-10-12-27(13-11-26)37-19-22-7-3-2-4-8-22/h2-17H,19-20H2,1H3,(H,35,36)/b25-15+. The quantitative estimate of drug-likeness (QED) is 0.108. The van der Waals surface area contributed by atoms with Gasteiger partial charge in [0, 0.05) is 5.69 Å². The number of carbonyl (C=O) groups excluding carboxylic acids is 1. The number of aryl methyl sites for hydroxylation is 1. The Hall–Kier alpha value is -3.36. The average molecular weight is 726 g/mol. The van der Waals surface area contributed by atoms with E-state index in [9.17, 15) is 10.1 Å². The van der Waals surface area contributed by atoms with Gasteiger partial charge in [-0.15, -0.1) is 0 Å². The largest absolute Gasteiger partial charge is 0.489 e. The van der Waals surface area contributed by atoms with E-state index in [0.717, 1.165) is 29.6 Å². The Morgan fingerprint density at radius 1 is 0.868 bits per heavy atom. The molecule has 4 aromatic rings. The Morgan fingerprint density at radius 2 is 1.53 bits per heavy atom. The molecule has 0 aromatic heterocycles. The molecule has 7 heteroatoms. The van der Waals surface area contributed by atoms with Crippen LogP contribution in [0.1, 0.15) is 22.3 Å². The second kappa shape index (κ2) is 13.4. The number of hydrogen-bond acceptors (Lipinski definition) is 4. The van der Waals surface area contributed by atoms with E-state index in [1.54, 1.807) is 30.3 Å². The molecule has 0 bridgehead atoms. The second-order valence-corrected chi connectivity index (χ2v) is 10.8. The Bertz CT molecular complexity index is 1470.